The summed E-state index contributed by atoms with van der Waals surface area (Å²) in [6.45, 7) is 9.32. The highest BCUT2D eigenvalue weighted by molar-refractivity contribution is 6.39. The second-order valence-electron chi connectivity index (χ2n) is 6.07. The van der Waals surface area contributed by atoms with E-state index in [9.17, 15) is 4.39 Å². The van der Waals surface area contributed by atoms with Gasteiger partial charge in [-0.2, -0.15) is 0 Å². The van der Waals surface area contributed by atoms with Gasteiger partial charge >= 0.3 is 0 Å². The molecule has 6 nitrogen and oxygen atoms in total. The number of hydrogen-bond acceptors (Lipinski definition) is 6. The highest BCUT2D eigenvalue weighted by Gasteiger charge is 2.23. The third kappa shape index (κ3) is 4.54. The number of piperazine rings is 1. The molecule has 0 spiro atoms. The Balaban J connectivity index is 1.36. The summed E-state index contributed by atoms with van der Waals surface area (Å²) in [6.07, 6.45) is 4.49. The van der Waals surface area contributed by atoms with E-state index < -0.39 is 5.82 Å². The van der Waals surface area contributed by atoms with Gasteiger partial charge in [-0.3, -0.25) is 4.90 Å². The van der Waals surface area contributed by atoms with Gasteiger partial charge < -0.3 is 15.1 Å². The van der Waals surface area contributed by atoms with Crippen molar-refractivity contribution in [2.24, 2.45) is 0 Å². The van der Waals surface area contributed by atoms with Gasteiger partial charge in [-0.1, -0.05) is 29.8 Å². The molecule has 0 aromatic carbocycles. The number of anilines is 1. The largest absolute Gasteiger partial charge is 0.338 e. The average Bonchev–Trinajstić information content (AvgIpc) is 2.86. The normalized spacial score (nSPS) is 18.9. The Hall–Kier alpha value is -1.57. The molecular weight excluding hydrogens is 366 g/mol. The molecule has 136 valence electrons. The predicted octanol–water partition coefficient (Wildman–Crippen LogP) is 2.50. The van der Waals surface area contributed by atoms with Gasteiger partial charge in [-0.05, 0) is 19.4 Å². The fourth-order valence-electron chi connectivity index (χ4n) is 2.96. The van der Waals surface area contributed by atoms with Gasteiger partial charge in [0.15, 0.2) is 5.82 Å². The summed E-state index contributed by atoms with van der Waals surface area (Å²) in [4.78, 5) is 14.5. The van der Waals surface area contributed by atoms with Crippen LogP contribution >= 0.6 is 23.2 Å². The summed E-state index contributed by atoms with van der Waals surface area (Å²) >= 11 is 12.1. The standard InChI is InChI=1S/C16H21Cl2FN6/c1-12-22-14(17)15(18)25(12)5-3-2-4-23-6-8-24(9-7-23)16-20-10-13(19)11-21-16/h10-11,22H,1-9H2. The maximum Gasteiger partial charge on any atom is 0.225 e. The van der Waals surface area contributed by atoms with E-state index in [2.05, 4.69) is 31.7 Å². The minimum Gasteiger partial charge on any atom is -0.338 e. The first-order valence-electron chi connectivity index (χ1n) is 8.28. The summed E-state index contributed by atoms with van der Waals surface area (Å²) in [7, 11) is 0. The highest BCUT2D eigenvalue weighted by Crippen LogP contribution is 2.27. The zero-order chi connectivity index (χ0) is 17.8. The number of halogens is 3. The molecular formula is C16H21Cl2FN6. The summed E-state index contributed by atoms with van der Waals surface area (Å²) in [5.74, 6) is 0.914. The fourth-order valence-corrected chi connectivity index (χ4v) is 3.41. The van der Waals surface area contributed by atoms with Crippen LogP contribution in [0.5, 0.6) is 0 Å². The molecule has 3 rings (SSSR count). The first kappa shape index (κ1) is 18.2. The predicted molar refractivity (Wildman–Crippen MR) is 97.6 cm³/mol. The van der Waals surface area contributed by atoms with E-state index >= 15 is 0 Å². The van der Waals surface area contributed by atoms with Crippen LogP contribution in [0.15, 0.2) is 35.1 Å². The molecule has 0 aliphatic carbocycles. The van der Waals surface area contributed by atoms with Crippen molar-refractivity contribution >= 4 is 29.2 Å². The lowest BCUT2D eigenvalue weighted by Crippen LogP contribution is -2.47. The third-order valence-electron chi connectivity index (χ3n) is 4.37. The Bertz CT molecular complexity index is 643. The fraction of sp³-hybridized carbons (Fsp3) is 0.500. The number of nitrogens with zero attached hydrogens (tertiary/aromatic N) is 5. The van der Waals surface area contributed by atoms with Crippen LogP contribution in [0.2, 0.25) is 0 Å². The lowest BCUT2D eigenvalue weighted by atomic mass is 10.2. The van der Waals surface area contributed by atoms with Crippen molar-refractivity contribution in [2.45, 2.75) is 12.8 Å². The summed E-state index contributed by atoms with van der Waals surface area (Å²) in [5, 5.41) is 3.87. The molecule has 1 fully saturated rings. The number of hydrogen-bond donors (Lipinski definition) is 1. The Morgan fingerprint density at radius 1 is 1.08 bits per heavy atom. The highest BCUT2D eigenvalue weighted by atomic mass is 35.5. The molecule has 25 heavy (non-hydrogen) atoms. The molecule has 0 radical (unpaired) electrons. The van der Waals surface area contributed by atoms with Gasteiger partial charge in [0.05, 0.1) is 12.4 Å². The second-order valence-corrected chi connectivity index (χ2v) is 6.80. The van der Waals surface area contributed by atoms with Gasteiger partial charge in [0.2, 0.25) is 5.95 Å². The summed E-state index contributed by atoms with van der Waals surface area (Å²) in [6, 6.07) is 0. The van der Waals surface area contributed by atoms with Crippen LogP contribution in [0.4, 0.5) is 10.3 Å². The molecule has 2 aliphatic heterocycles. The van der Waals surface area contributed by atoms with Crippen molar-refractivity contribution in [2.75, 3.05) is 44.2 Å². The van der Waals surface area contributed by atoms with Gasteiger partial charge in [-0.15, -0.1) is 0 Å². The molecule has 1 aromatic heterocycles. The molecule has 2 aliphatic rings. The summed E-state index contributed by atoms with van der Waals surface area (Å²) in [5.41, 5.74) is 0. The van der Waals surface area contributed by atoms with Crippen LogP contribution in [-0.4, -0.2) is 59.0 Å². The second kappa shape index (κ2) is 8.21. The van der Waals surface area contributed by atoms with E-state index in [1.165, 1.54) is 12.4 Å². The average molecular weight is 387 g/mol. The number of aromatic nitrogens is 2. The van der Waals surface area contributed by atoms with E-state index in [0.29, 0.717) is 16.3 Å². The van der Waals surface area contributed by atoms with E-state index in [0.717, 1.165) is 57.9 Å². The minimum atomic E-state index is -0.408. The van der Waals surface area contributed by atoms with E-state index in [1.807, 2.05) is 4.90 Å². The van der Waals surface area contributed by atoms with Crippen molar-refractivity contribution in [1.29, 1.82) is 0 Å². The van der Waals surface area contributed by atoms with E-state index in [4.69, 9.17) is 23.2 Å². The number of unbranched alkanes of at least 4 members (excludes halogenated alkanes) is 1. The van der Waals surface area contributed by atoms with Gasteiger partial charge in [0.25, 0.3) is 0 Å². The molecule has 0 amide bonds. The Labute approximate surface area is 156 Å². The molecule has 9 heteroatoms. The van der Waals surface area contributed by atoms with Gasteiger partial charge in [-0.25, -0.2) is 14.4 Å². The van der Waals surface area contributed by atoms with Crippen molar-refractivity contribution in [1.82, 2.24) is 25.1 Å². The quantitative estimate of drug-likeness (QED) is 0.598. The van der Waals surface area contributed by atoms with Crippen LogP contribution < -0.4 is 10.2 Å². The van der Waals surface area contributed by atoms with Crippen LogP contribution in [-0.2, 0) is 0 Å². The monoisotopic (exact) mass is 386 g/mol. The van der Waals surface area contributed by atoms with Crippen molar-refractivity contribution < 1.29 is 4.39 Å². The van der Waals surface area contributed by atoms with Crippen LogP contribution in [0.1, 0.15) is 12.8 Å². The van der Waals surface area contributed by atoms with E-state index in [-0.39, 0.29) is 0 Å². The van der Waals surface area contributed by atoms with Crippen LogP contribution in [0, 0.1) is 5.82 Å². The summed E-state index contributed by atoms with van der Waals surface area (Å²) < 4.78 is 12.9. The maximum absolute atomic E-state index is 12.9. The lowest BCUT2D eigenvalue weighted by Gasteiger charge is -2.34. The van der Waals surface area contributed by atoms with Crippen molar-refractivity contribution in [3.8, 4) is 0 Å². The maximum atomic E-state index is 12.9. The Morgan fingerprint density at radius 3 is 2.32 bits per heavy atom. The number of rotatable bonds is 6. The smallest absolute Gasteiger partial charge is 0.225 e. The Kier molecular flexibility index (Phi) is 5.98. The zero-order valence-corrected chi connectivity index (χ0v) is 15.4. The first-order chi connectivity index (χ1) is 12.0. The molecule has 1 saturated heterocycles. The SMILES string of the molecule is C=C1NC(Cl)=C(Cl)N1CCCCN1CCN(c2ncc(F)cn2)CC1. The molecule has 0 bridgehead atoms. The molecule has 1 N–H and O–H groups in total. The molecule has 1 aromatic rings. The van der Waals surface area contributed by atoms with Crippen molar-refractivity contribution in [3.63, 3.8) is 0 Å². The van der Waals surface area contributed by atoms with Crippen molar-refractivity contribution in [3.05, 3.63) is 40.9 Å². The van der Waals surface area contributed by atoms with Gasteiger partial charge in [0.1, 0.15) is 16.1 Å². The van der Waals surface area contributed by atoms with Crippen LogP contribution in [0.25, 0.3) is 0 Å². The minimum absolute atomic E-state index is 0.408. The zero-order valence-electron chi connectivity index (χ0n) is 13.9. The topological polar surface area (TPSA) is 47.5 Å². The first-order valence-corrected chi connectivity index (χ1v) is 9.04. The number of nitrogens with one attached hydrogen (secondary N) is 1. The molecule has 0 atom stereocenters. The molecule has 3 heterocycles. The molecule has 0 unspecified atom stereocenters. The van der Waals surface area contributed by atoms with Gasteiger partial charge in [0, 0.05) is 32.7 Å². The Morgan fingerprint density at radius 2 is 1.72 bits per heavy atom. The third-order valence-corrected chi connectivity index (χ3v) is 5.13. The molecule has 0 saturated carbocycles. The van der Waals surface area contributed by atoms with Crippen LogP contribution in [0.3, 0.4) is 0 Å². The van der Waals surface area contributed by atoms with E-state index in [1.54, 1.807) is 0 Å². The lowest BCUT2D eigenvalue weighted by molar-refractivity contribution is 0.248.